The van der Waals surface area contributed by atoms with Gasteiger partial charge in [0.25, 0.3) is 0 Å². The Hall–Kier alpha value is -1.16. The van der Waals surface area contributed by atoms with Gasteiger partial charge in [-0.2, -0.15) is 5.06 Å². The Morgan fingerprint density at radius 1 is 1.36 bits per heavy atom. The van der Waals surface area contributed by atoms with Crippen LogP contribution in [0.3, 0.4) is 0 Å². The molecule has 0 aromatic heterocycles. The molecule has 3 heteroatoms. The number of hydrogen-bond donors (Lipinski definition) is 1. The summed E-state index contributed by atoms with van der Waals surface area (Å²) in [4.78, 5) is 6.21. The van der Waals surface area contributed by atoms with Gasteiger partial charge in [-0.1, -0.05) is 50.3 Å². The zero-order chi connectivity index (χ0) is 16.2. The van der Waals surface area contributed by atoms with Gasteiger partial charge >= 0.3 is 0 Å². The van der Waals surface area contributed by atoms with E-state index in [1.807, 2.05) is 31.2 Å². The summed E-state index contributed by atoms with van der Waals surface area (Å²) in [6.45, 7) is 11.2. The maximum Gasteiger partial charge on any atom is 0.112 e. The van der Waals surface area contributed by atoms with Gasteiger partial charge in [0.05, 0.1) is 12.1 Å². The first kappa shape index (κ1) is 17.2. The van der Waals surface area contributed by atoms with Crippen molar-refractivity contribution in [2.45, 2.75) is 57.7 Å². The van der Waals surface area contributed by atoms with Crippen LogP contribution in [0.15, 0.2) is 43.0 Å². The van der Waals surface area contributed by atoms with Crippen LogP contribution in [0, 0.1) is 5.92 Å². The molecule has 0 aliphatic carbocycles. The molecular formula is C19H29NO2. The van der Waals surface area contributed by atoms with E-state index in [-0.39, 0.29) is 12.1 Å². The maximum absolute atomic E-state index is 9.77. The summed E-state index contributed by atoms with van der Waals surface area (Å²) in [5.74, 6) is 0.558. The van der Waals surface area contributed by atoms with Crippen LogP contribution in [-0.4, -0.2) is 27.9 Å². The molecule has 0 amide bonds. The monoisotopic (exact) mass is 303 g/mol. The third kappa shape index (κ3) is 3.78. The summed E-state index contributed by atoms with van der Waals surface area (Å²) >= 11 is 0. The Bertz CT molecular complexity index is 487. The normalized spacial score (nSPS) is 29.1. The first-order valence-electron chi connectivity index (χ1n) is 8.15. The molecule has 1 fully saturated rings. The van der Waals surface area contributed by atoms with Crippen LogP contribution >= 0.6 is 0 Å². The molecule has 2 atom stereocenters. The molecule has 1 heterocycles. The summed E-state index contributed by atoms with van der Waals surface area (Å²) in [5.41, 5.74) is 0.623. The maximum atomic E-state index is 9.77. The van der Waals surface area contributed by atoms with Gasteiger partial charge in [-0.15, -0.1) is 6.58 Å². The standard InChI is InChI=1S/C19H29NO2/c1-5-11-19(12-16(2)3)14-18(4,15-21)22-20(19)13-17-9-7-6-8-10-17/h5-10,16,21H,1,11-15H2,2-4H3/t18-,19-/m1/s1. The molecule has 122 valence electrons. The second-order valence-corrected chi connectivity index (χ2v) is 7.21. The summed E-state index contributed by atoms with van der Waals surface area (Å²) in [5, 5.41) is 11.9. The van der Waals surface area contributed by atoms with Crippen molar-refractivity contribution in [3.05, 3.63) is 48.6 Å². The van der Waals surface area contributed by atoms with E-state index in [4.69, 9.17) is 4.84 Å². The molecule has 1 aromatic carbocycles. The van der Waals surface area contributed by atoms with Gasteiger partial charge in [0.1, 0.15) is 5.60 Å². The highest BCUT2D eigenvalue weighted by atomic mass is 16.7. The number of hydroxylamine groups is 2. The Kier molecular flexibility index (Phi) is 5.43. The molecule has 0 bridgehead atoms. The number of nitrogens with zero attached hydrogens (tertiary/aromatic N) is 1. The molecule has 1 saturated heterocycles. The molecule has 0 unspecified atom stereocenters. The molecule has 3 nitrogen and oxygen atoms in total. The lowest BCUT2D eigenvalue weighted by molar-refractivity contribution is -0.234. The number of hydrogen-bond acceptors (Lipinski definition) is 3. The van der Waals surface area contributed by atoms with Gasteiger partial charge in [0.2, 0.25) is 0 Å². The van der Waals surface area contributed by atoms with Crippen molar-refractivity contribution in [2.75, 3.05) is 6.61 Å². The molecule has 0 spiro atoms. The van der Waals surface area contributed by atoms with E-state index < -0.39 is 5.60 Å². The summed E-state index contributed by atoms with van der Waals surface area (Å²) in [6.07, 6.45) is 4.70. The van der Waals surface area contributed by atoms with Gasteiger partial charge in [-0.25, -0.2) is 0 Å². The second-order valence-electron chi connectivity index (χ2n) is 7.21. The fourth-order valence-electron chi connectivity index (χ4n) is 3.67. The Labute approximate surface area is 134 Å². The molecule has 22 heavy (non-hydrogen) atoms. The molecule has 2 rings (SSSR count). The lowest BCUT2D eigenvalue weighted by Crippen LogP contribution is -2.43. The lowest BCUT2D eigenvalue weighted by Gasteiger charge is -2.37. The highest BCUT2D eigenvalue weighted by Crippen LogP contribution is 2.45. The van der Waals surface area contributed by atoms with E-state index in [9.17, 15) is 5.11 Å². The first-order valence-corrected chi connectivity index (χ1v) is 8.15. The van der Waals surface area contributed by atoms with Crippen molar-refractivity contribution in [1.29, 1.82) is 0 Å². The van der Waals surface area contributed by atoms with Crippen LogP contribution in [-0.2, 0) is 11.4 Å². The summed E-state index contributed by atoms with van der Waals surface area (Å²) < 4.78 is 0. The van der Waals surface area contributed by atoms with Crippen molar-refractivity contribution in [3.8, 4) is 0 Å². The largest absolute Gasteiger partial charge is 0.393 e. The Morgan fingerprint density at radius 2 is 2.05 bits per heavy atom. The van der Waals surface area contributed by atoms with Crippen LogP contribution in [0.2, 0.25) is 0 Å². The third-order valence-electron chi connectivity index (χ3n) is 4.38. The third-order valence-corrected chi connectivity index (χ3v) is 4.38. The number of aliphatic hydroxyl groups excluding tert-OH is 1. The molecule has 0 radical (unpaired) electrons. The Balaban J connectivity index is 2.30. The molecular weight excluding hydrogens is 274 g/mol. The molecule has 1 N–H and O–H groups in total. The van der Waals surface area contributed by atoms with Gasteiger partial charge in [-0.3, -0.25) is 4.84 Å². The van der Waals surface area contributed by atoms with E-state index in [2.05, 4.69) is 37.6 Å². The van der Waals surface area contributed by atoms with E-state index in [1.165, 1.54) is 5.56 Å². The van der Waals surface area contributed by atoms with Crippen LogP contribution in [0.5, 0.6) is 0 Å². The zero-order valence-corrected chi connectivity index (χ0v) is 14.1. The minimum atomic E-state index is -0.507. The SMILES string of the molecule is C=CC[C@@]1(CC(C)C)C[C@](C)(CO)ON1Cc1ccccc1. The molecule has 1 aliphatic heterocycles. The fourth-order valence-corrected chi connectivity index (χ4v) is 3.67. The Morgan fingerprint density at radius 3 is 2.59 bits per heavy atom. The van der Waals surface area contributed by atoms with Crippen LogP contribution in [0.4, 0.5) is 0 Å². The minimum Gasteiger partial charge on any atom is -0.393 e. The van der Waals surface area contributed by atoms with Crippen LogP contribution in [0.1, 0.15) is 45.6 Å². The molecule has 0 saturated carbocycles. The van der Waals surface area contributed by atoms with Crippen molar-refractivity contribution in [2.24, 2.45) is 5.92 Å². The van der Waals surface area contributed by atoms with E-state index in [0.717, 1.165) is 25.8 Å². The predicted molar refractivity (Wildman–Crippen MR) is 90.2 cm³/mol. The highest BCUT2D eigenvalue weighted by Gasteiger charge is 2.51. The van der Waals surface area contributed by atoms with Gasteiger partial charge < -0.3 is 5.11 Å². The van der Waals surface area contributed by atoms with Crippen molar-refractivity contribution >= 4 is 0 Å². The number of benzene rings is 1. The average molecular weight is 303 g/mol. The van der Waals surface area contributed by atoms with E-state index >= 15 is 0 Å². The minimum absolute atomic E-state index is 0.0370. The van der Waals surface area contributed by atoms with Crippen molar-refractivity contribution < 1.29 is 9.94 Å². The zero-order valence-electron chi connectivity index (χ0n) is 14.1. The molecule has 1 aromatic rings. The van der Waals surface area contributed by atoms with Crippen LogP contribution in [0.25, 0.3) is 0 Å². The summed E-state index contributed by atoms with van der Waals surface area (Å²) in [6, 6.07) is 10.4. The summed E-state index contributed by atoms with van der Waals surface area (Å²) in [7, 11) is 0. The van der Waals surface area contributed by atoms with Gasteiger partial charge in [-0.05, 0) is 31.2 Å². The fraction of sp³-hybridized carbons (Fsp3) is 0.579. The smallest absolute Gasteiger partial charge is 0.112 e. The predicted octanol–water partition coefficient (Wildman–Crippen LogP) is 3.94. The molecule has 1 aliphatic rings. The van der Waals surface area contributed by atoms with Crippen molar-refractivity contribution in [3.63, 3.8) is 0 Å². The van der Waals surface area contributed by atoms with Gasteiger partial charge in [0.15, 0.2) is 0 Å². The number of rotatable bonds is 7. The lowest BCUT2D eigenvalue weighted by atomic mass is 9.78. The quantitative estimate of drug-likeness (QED) is 0.775. The van der Waals surface area contributed by atoms with E-state index in [0.29, 0.717) is 5.92 Å². The second kappa shape index (κ2) is 6.95. The topological polar surface area (TPSA) is 32.7 Å². The van der Waals surface area contributed by atoms with Gasteiger partial charge in [0, 0.05) is 13.0 Å². The van der Waals surface area contributed by atoms with E-state index in [1.54, 1.807) is 0 Å². The highest BCUT2D eigenvalue weighted by molar-refractivity contribution is 5.16. The number of aliphatic hydroxyl groups is 1. The van der Waals surface area contributed by atoms with Crippen LogP contribution < -0.4 is 0 Å². The average Bonchev–Trinajstić information content (AvgIpc) is 2.73. The first-order chi connectivity index (χ1) is 10.4. The van der Waals surface area contributed by atoms with Crippen molar-refractivity contribution in [1.82, 2.24) is 5.06 Å².